The number of aliphatic hydroxyl groups is 1. The minimum absolute atomic E-state index is 0.182. The summed E-state index contributed by atoms with van der Waals surface area (Å²) in [5, 5.41) is 10.6. The third kappa shape index (κ3) is 3.82. The largest absolute Gasteiger partial charge is 0.384 e. The molecule has 0 bridgehead atoms. The summed E-state index contributed by atoms with van der Waals surface area (Å²) in [5.74, 6) is 0.478. The molecular weight excluding hydrogens is 273 g/mol. The monoisotopic (exact) mass is 291 g/mol. The topological polar surface area (TPSA) is 46.2 Å². The molecule has 0 fully saturated rings. The number of halogens is 1. The van der Waals surface area contributed by atoms with Crippen LogP contribution in [0.4, 0.5) is 4.39 Å². The Morgan fingerprint density at radius 1 is 1.05 bits per heavy atom. The van der Waals surface area contributed by atoms with Crippen LogP contribution in [0.15, 0.2) is 59.5 Å². The van der Waals surface area contributed by atoms with E-state index in [0.29, 0.717) is 12.2 Å². The summed E-state index contributed by atoms with van der Waals surface area (Å²) in [4.78, 5) is 0.985. The lowest BCUT2D eigenvalue weighted by atomic mass is 9.91. The van der Waals surface area contributed by atoms with Crippen molar-refractivity contribution in [3.63, 3.8) is 0 Å². The van der Waals surface area contributed by atoms with Crippen LogP contribution < -0.4 is 5.73 Å². The number of hydrogen-bond acceptors (Lipinski definition) is 3. The van der Waals surface area contributed by atoms with Gasteiger partial charge >= 0.3 is 0 Å². The van der Waals surface area contributed by atoms with Crippen molar-refractivity contribution in [2.75, 3.05) is 12.3 Å². The quantitative estimate of drug-likeness (QED) is 0.804. The number of thioether (sulfide) groups is 1. The molecule has 0 aliphatic heterocycles. The highest BCUT2D eigenvalue weighted by atomic mass is 32.2. The Balaban J connectivity index is 1.96. The van der Waals surface area contributed by atoms with Gasteiger partial charge in [0.05, 0.1) is 0 Å². The fourth-order valence-electron chi connectivity index (χ4n) is 1.98. The minimum atomic E-state index is -1.01. The Labute approximate surface area is 122 Å². The maximum atomic E-state index is 12.8. The zero-order valence-corrected chi connectivity index (χ0v) is 11.9. The van der Waals surface area contributed by atoms with Crippen LogP contribution in [0.1, 0.15) is 12.0 Å². The molecule has 0 heterocycles. The van der Waals surface area contributed by atoms with E-state index in [4.69, 9.17) is 5.73 Å². The number of benzene rings is 2. The normalized spacial score (nSPS) is 13.9. The Morgan fingerprint density at radius 3 is 2.30 bits per heavy atom. The Hall–Kier alpha value is -1.36. The summed E-state index contributed by atoms with van der Waals surface area (Å²) in [6.07, 6.45) is 0.551. The fourth-order valence-corrected chi connectivity index (χ4v) is 2.99. The van der Waals surface area contributed by atoms with Crippen molar-refractivity contribution in [1.29, 1.82) is 0 Å². The first-order valence-electron chi connectivity index (χ1n) is 6.50. The molecule has 106 valence electrons. The highest BCUT2D eigenvalue weighted by Crippen LogP contribution is 2.28. The van der Waals surface area contributed by atoms with Gasteiger partial charge in [-0.15, -0.1) is 11.8 Å². The van der Waals surface area contributed by atoms with Gasteiger partial charge in [0.15, 0.2) is 0 Å². The van der Waals surface area contributed by atoms with Gasteiger partial charge in [-0.1, -0.05) is 30.3 Å². The van der Waals surface area contributed by atoms with Gasteiger partial charge in [0.25, 0.3) is 0 Å². The maximum absolute atomic E-state index is 12.8. The SMILES string of the molecule is NCC(O)(CCSc1ccc(F)cc1)c1ccccc1. The van der Waals surface area contributed by atoms with Crippen LogP contribution in [0.25, 0.3) is 0 Å². The molecule has 3 N–H and O–H groups in total. The van der Waals surface area contributed by atoms with E-state index in [2.05, 4.69) is 0 Å². The summed E-state index contributed by atoms with van der Waals surface area (Å²) in [6.45, 7) is 0.182. The van der Waals surface area contributed by atoms with Crippen LogP contribution in [0.2, 0.25) is 0 Å². The van der Waals surface area contributed by atoms with Gasteiger partial charge in [0, 0.05) is 17.2 Å². The Bertz CT molecular complexity index is 532. The summed E-state index contributed by atoms with van der Waals surface area (Å²) in [7, 11) is 0. The second-order valence-corrected chi connectivity index (χ2v) is 5.82. The van der Waals surface area contributed by atoms with Gasteiger partial charge in [-0.2, -0.15) is 0 Å². The van der Waals surface area contributed by atoms with Crippen molar-refractivity contribution in [1.82, 2.24) is 0 Å². The third-order valence-corrected chi connectivity index (χ3v) is 4.26. The molecule has 2 rings (SSSR count). The molecule has 0 aliphatic carbocycles. The highest BCUT2D eigenvalue weighted by Gasteiger charge is 2.26. The van der Waals surface area contributed by atoms with Crippen molar-refractivity contribution >= 4 is 11.8 Å². The van der Waals surface area contributed by atoms with Crippen LogP contribution >= 0.6 is 11.8 Å². The molecule has 1 unspecified atom stereocenters. The molecule has 0 radical (unpaired) electrons. The first-order chi connectivity index (χ1) is 9.64. The maximum Gasteiger partial charge on any atom is 0.123 e. The fraction of sp³-hybridized carbons (Fsp3) is 0.250. The first kappa shape index (κ1) is 15.0. The Kier molecular flexibility index (Phi) is 5.17. The number of nitrogens with two attached hydrogens (primary N) is 1. The highest BCUT2D eigenvalue weighted by molar-refractivity contribution is 7.99. The number of hydrogen-bond donors (Lipinski definition) is 2. The summed E-state index contributed by atoms with van der Waals surface area (Å²) < 4.78 is 12.8. The lowest BCUT2D eigenvalue weighted by molar-refractivity contribution is 0.0431. The molecule has 0 aromatic heterocycles. The number of rotatable bonds is 6. The summed E-state index contributed by atoms with van der Waals surface area (Å²) in [5.41, 5.74) is 5.56. The second-order valence-electron chi connectivity index (χ2n) is 4.65. The van der Waals surface area contributed by atoms with E-state index < -0.39 is 5.60 Å². The lowest BCUT2D eigenvalue weighted by Crippen LogP contribution is -2.35. The van der Waals surface area contributed by atoms with Gasteiger partial charge in [-0.3, -0.25) is 0 Å². The van der Waals surface area contributed by atoms with Crippen molar-refractivity contribution in [3.8, 4) is 0 Å². The molecule has 2 aromatic rings. The van der Waals surface area contributed by atoms with Crippen LogP contribution in [-0.2, 0) is 5.60 Å². The molecule has 0 spiro atoms. The molecular formula is C16H18FNOS. The minimum Gasteiger partial charge on any atom is -0.384 e. The van der Waals surface area contributed by atoms with Crippen LogP contribution in [0.3, 0.4) is 0 Å². The zero-order chi connectivity index (χ0) is 14.4. The van der Waals surface area contributed by atoms with Gasteiger partial charge in [-0.25, -0.2) is 4.39 Å². The van der Waals surface area contributed by atoms with Gasteiger partial charge in [0.2, 0.25) is 0 Å². The predicted molar refractivity (Wildman–Crippen MR) is 81.1 cm³/mol. The zero-order valence-electron chi connectivity index (χ0n) is 11.1. The van der Waals surface area contributed by atoms with Crippen molar-refractivity contribution < 1.29 is 9.50 Å². The van der Waals surface area contributed by atoms with Crippen LogP contribution in [0.5, 0.6) is 0 Å². The van der Waals surface area contributed by atoms with E-state index in [-0.39, 0.29) is 12.4 Å². The van der Waals surface area contributed by atoms with Crippen LogP contribution in [0, 0.1) is 5.82 Å². The lowest BCUT2D eigenvalue weighted by Gasteiger charge is -2.27. The molecule has 1 atom stereocenters. The van der Waals surface area contributed by atoms with Gasteiger partial charge in [-0.05, 0) is 36.2 Å². The molecule has 4 heteroatoms. The smallest absolute Gasteiger partial charge is 0.123 e. The molecule has 0 saturated heterocycles. The van der Waals surface area contributed by atoms with Crippen molar-refractivity contribution in [2.24, 2.45) is 5.73 Å². The standard InChI is InChI=1S/C16H18FNOS/c17-14-6-8-15(9-7-14)20-11-10-16(19,12-18)13-4-2-1-3-5-13/h1-9,19H,10-12,18H2. The molecule has 20 heavy (non-hydrogen) atoms. The molecule has 2 nitrogen and oxygen atoms in total. The average Bonchev–Trinajstić information content (AvgIpc) is 2.50. The third-order valence-electron chi connectivity index (χ3n) is 3.25. The van der Waals surface area contributed by atoms with E-state index in [1.54, 1.807) is 23.9 Å². The van der Waals surface area contributed by atoms with E-state index in [0.717, 1.165) is 10.5 Å². The van der Waals surface area contributed by atoms with E-state index in [1.807, 2.05) is 30.3 Å². The van der Waals surface area contributed by atoms with Crippen molar-refractivity contribution in [3.05, 3.63) is 66.0 Å². The van der Waals surface area contributed by atoms with Crippen molar-refractivity contribution in [2.45, 2.75) is 16.9 Å². The second kappa shape index (κ2) is 6.88. The van der Waals surface area contributed by atoms with Crippen LogP contribution in [-0.4, -0.2) is 17.4 Å². The molecule has 2 aromatic carbocycles. The first-order valence-corrected chi connectivity index (χ1v) is 7.49. The predicted octanol–water partition coefficient (Wildman–Crippen LogP) is 3.15. The van der Waals surface area contributed by atoms with E-state index in [1.165, 1.54) is 12.1 Å². The Morgan fingerprint density at radius 2 is 1.70 bits per heavy atom. The van der Waals surface area contributed by atoms with E-state index in [9.17, 15) is 9.50 Å². The summed E-state index contributed by atoms with van der Waals surface area (Å²) in [6, 6.07) is 15.8. The van der Waals surface area contributed by atoms with Gasteiger partial charge < -0.3 is 10.8 Å². The molecule has 0 amide bonds. The van der Waals surface area contributed by atoms with E-state index >= 15 is 0 Å². The van der Waals surface area contributed by atoms with Gasteiger partial charge in [0.1, 0.15) is 11.4 Å². The average molecular weight is 291 g/mol. The molecule has 0 saturated carbocycles. The summed E-state index contributed by atoms with van der Waals surface area (Å²) >= 11 is 1.58. The molecule has 0 aliphatic rings.